The Kier molecular flexibility index (Phi) is 6.07. The highest BCUT2D eigenvalue weighted by atomic mass is 19.1. The summed E-state index contributed by atoms with van der Waals surface area (Å²) in [4.78, 5) is 14.0. The van der Waals surface area contributed by atoms with E-state index in [-0.39, 0.29) is 5.69 Å². The number of amides is 2. The highest BCUT2D eigenvalue weighted by Crippen LogP contribution is 2.11. The topological polar surface area (TPSA) is 89.9 Å². The van der Waals surface area contributed by atoms with Crippen LogP contribution in [0.2, 0.25) is 0 Å². The van der Waals surface area contributed by atoms with E-state index in [1.165, 1.54) is 12.1 Å². The smallest absolute Gasteiger partial charge is 0.319 e. The molecule has 1 aromatic carbocycles. The molecule has 0 aliphatic heterocycles. The van der Waals surface area contributed by atoms with Crippen LogP contribution < -0.4 is 10.6 Å². The van der Waals surface area contributed by atoms with E-state index in [1.54, 1.807) is 12.1 Å². The van der Waals surface area contributed by atoms with Gasteiger partial charge in [-0.1, -0.05) is 17.2 Å². The molecule has 0 unspecified atom stereocenters. The molecule has 6 nitrogen and oxygen atoms in total. The predicted molar refractivity (Wildman–Crippen MR) is 66.7 cm³/mol. The van der Waals surface area contributed by atoms with Crippen molar-refractivity contribution in [2.45, 2.75) is 12.8 Å². The van der Waals surface area contributed by atoms with Crippen LogP contribution in [0, 0.1) is 5.82 Å². The van der Waals surface area contributed by atoms with E-state index < -0.39 is 11.8 Å². The number of benzene rings is 1. The molecule has 1 rings (SSSR count). The zero-order valence-corrected chi connectivity index (χ0v) is 9.77. The van der Waals surface area contributed by atoms with Crippen molar-refractivity contribution in [3.05, 3.63) is 40.5 Å². The first-order chi connectivity index (χ1) is 8.74. The first kappa shape index (κ1) is 13.8. The van der Waals surface area contributed by atoms with Gasteiger partial charge in [0.25, 0.3) is 0 Å². The van der Waals surface area contributed by atoms with Gasteiger partial charge in [-0.15, -0.1) is 0 Å². The number of rotatable bonds is 6. The fourth-order valence-electron chi connectivity index (χ4n) is 1.28. The summed E-state index contributed by atoms with van der Waals surface area (Å²) in [5.41, 5.74) is 8.19. The van der Waals surface area contributed by atoms with E-state index in [0.717, 1.165) is 0 Å². The van der Waals surface area contributed by atoms with Crippen LogP contribution in [0.3, 0.4) is 0 Å². The van der Waals surface area contributed by atoms with Gasteiger partial charge >= 0.3 is 6.03 Å². The Morgan fingerprint density at radius 1 is 1.39 bits per heavy atom. The van der Waals surface area contributed by atoms with E-state index in [4.69, 9.17) is 5.53 Å². The maximum Gasteiger partial charge on any atom is 0.319 e. The third-order valence-corrected chi connectivity index (χ3v) is 2.16. The Balaban J connectivity index is 2.22. The average molecular weight is 251 g/mol. The summed E-state index contributed by atoms with van der Waals surface area (Å²) in [6, 6.07) is 5.49. The molecule has 0 aliphatic carbocycles. The Labute approximate surface area is 104 Å². The largest absolute Gasteiger partial charge is 0.338 e. The summed E-state index contributed by atoms with van der Waals surface area (Å²) in [6.45, 7) is 0.856. The number of urea groups is 1. The number of unbranched alkanes of at least 4 members (excludes halogenated alkanes) is 1. The van der Waals surface area contributed by atoms with E-state index >= 15 is 0 Å². The van der Waals surface area contributed by atoms with Crippen LogP contribution in [0.4, 0.5) is 14.9 Å². The minimum atomic E-state index is -0.476. The Hall–Kier alpha value is -2.27. The second-order valence-corrected chi connectivity index (χ2v) is 3.52. The van der Waals surface area contributed by atoms with Crippen LogP contribution >= 0.6 is 0 Å². The van der Waals surface area contributed by atoms with Crippen molar-refractivity contribution in [2.24, 2.45) is 5.11 Å². The van der Waals surface area contributed by atoms with Gasteiger partial charge in [0.05, 0.1) is 5.69 Å². The molecule has 0 aromatic heterocycles. The molecular weight excluding hydrogens is 237 g/mol. The van der Waals surface area contributed by atoms with Crippen LogP contribution in [0.15, 0.2) is 29.4 Å². The molecule has 2 amide bonds. The molecule has 1 aromatic rings. The molecule has 7 heteroatoms. The van der Waals surface area contributed by atoms with Gasteiger partial charge < -0.3 is 10.6 Å². The second-order valence-electron chi connectivity index (χ2n) is 3.52. The minimum Gasteiger partial charge on any atom is -0.338 e. The van der Waals surface area contributed by atoms with Gasteiger partial charge in [-0.2, -0.15) is 0 Å². The van der Waals surface area contributed by atoms with Gasteiger partial charge in [-0.25, -0.2) is 9.18 Å². The van der Waals surface area contributed by atoms with Crippen molar-refractivity contribution in [3.8, 4) is 0 Å². The zero-order chi connectivity index (χ0) is 13.2. The van der Waals surface area contributed by atoms with Crippen LogP contribution in [-0.2, 0) is 0 Å². The molecule has 0 heterocycles. The molecule has 0 bridgehead atoms. The number of hydrogen-bond acceptors (Lipinski definition) is 2. The highest BCUT2D eigenvalue weighted by Gasteiger charge is 2.04. The Morgan fingerprint density at radius 2 is 2.17 bits per heavy atom. The Bertz CT molecular complexity index is 445. The third kappa shape index (κ3) is 5.18. The third-order valence-electron chi connectivity index (χ3n) is 2.16. The van der Waals surface area contributed by atoms with E-state index in [9.17, 15) is 9.18 Å². The molecule has 0 fully saturated rings. The van der Waals surface area contributed by atoms with Crippen LogP contribution in [0.25, 0.3) is 10.4 Å². The van der Waals surface area contributed by atoms with Gasteiger partial charge in [0.2, 0.25) is 0 Å². The number of carbonyl (C=O) groups excluding carboxylic acids is 1. The maximum atomic E-state index is 13.2. The summed E-state index contributed by atoms with van der Waals surface area (Å²) in [7, 11) is 0. The number of para-hydroxylation sites is 1. The van der Waals surface area contributed by atoms with Crippen molar-refractivity contribution in [3.63, 3.8) is 0 Å². The van der Waals surface area contributed by atoms with E-state index in [2.05, 4.69) is 20.7 Å². The quantitative estimate of drug-likeness (QED) is 0.346. The standard InChI is InChI=1S/C11H14FN5O/c12-9-5-1-2-6-10(9)16-11(18)14-7-3-4-8-15-17-13/h1-2,5-6H,3-4,7-8H2,(H2,14,16,18). The van der Waals surface area contributed by atoms with Gasteiger partial charge in [0.15, 0.2) is 0 Å². The number of carbonyl (C=O) groups is 1. The summed E-state index contributed by atoms with van der Waals surface area (Å²) in [5, 5.41) is 8.36. The molecule has 96 valence electrons. The van der Waals surface area contributed by atoms with E-state index in [0.29, 0.717) is 25.9 Å². The molecule has 0 spiro atoms. The van der Waals surface area contributed by atoms with Crippen molar-refractivity contribution >= 4 is 11.7 Å². The molecule has 18 heavy (non-hydrogen) atoms. The monoisotopic (exact) mass is 251 g/mol. The summed E-state index contributed by atoms with van der Waals surface area (Å²) < 4.78 is 13.2. The molecule has 0 saturated carbocycles. The number of azide groups is 1. The SMILES string of the molecule is [N-]=[N+]=NCCCCNC(=O)Nc1ccccc1F. The summed E-state index contributed by atoms with van der Waals surface area (Å²) in [5.74, 6) is -0.476. The highest BCUT2D eigenvalue weighted by molar-refractivity contribution is 5.89. The van der Waals surface area contributed by atoms with Crippen molar-refractivity contribution in [2.75, 3.05) is 18.4 Å². The minimum absolute atomic E-state index is 0.143. The lowest BCUT2D eigenvalue weighted by atomic mass is 10.3. The Morgan fingerprint density at radius 3 is 2.89 bits per heavy atom. The van der Waals surface area contributed by atoms with E-state index in [1.807, 2.05) is 0 Å². The number of nitrogens with one attached hydrogen (secondary N) is 2. The number of hydrogen-bond donors (Lipinski definition) is 2. The molecular formula is C11H14FN5O. The zero-order valence-electron chi connectivity index (χ0n) is 9.77. The predicted octanol–water partition coefficient (Wildman–Crippen LogP) is 3.04. The number of nitrogens with zero attached hydrogens (tertiary/aromatic N) is 3. The molecule has 0 aliphatic rings. The van der Waals surface area contributed by atoms with Crippen LogP contribution in [0.1, 0.15) is 12.8 Å². The van der Waals surface area contributed by atoms with Crippen molar-refractivity contribution < 1.29 is 9.18 Å². The summed E-state index contributed by atoms with van der Waals surface area (Å²) >= 11 is 0. The normalized spacial score (nSPS) is 9.39. The van der Waals surface area contributed by atoms with Crippen molar-refractivity contribution in [1.82, 2.24) is 5.32 Å². The fourth-order valence-corrected chi connectivity index (χ4v) is 1.28. The molecule has 2 N–H and O–H groups in total. The van der Waals surface area contributed by atoms with Gasteiger partial charge in [-0.3, -0.25) is 0 Å². The van der Waals surface area contributed by atoms with Gasteiger partial charge in [0.1, 0.15) is 5.82 Å². The summed E-state index contributed by atoms with van der Waals surface area (Å²) in [6.07, 6.45) is 1.40. The second kappa shape index (κ2) is 7.92. The maximum absolute atomic E-state index is 13.2. The molecule has 0 atom stereocenters. The lowest BCUT2D eigenvalue weighted by Gasteiger charge is -2.07. The number of halogens is 1. The molecule has 0 saturated heterocycles. The van der Waals surface area contributed by atoms with Gasteiger partial charge in [-0.05, 0) is 30.5 Å². The van der Waals surface area contributed by atoms with Crippen LogP contribution in [-0.4, -0.2) is 19.1 Å². The number of anilines is 1. The van der Waals surface area contributed by atoms with Crippen LogP contribution in [0.5, 0.6) is 0 Å². The lowest BCUT2D eigenvalue weighted by molar-refractivity contribution is 0.252. The van der Waals surface area contributed by atoms with Gasteiger partial charge in [0, 0.05) is 18.0 Å². The first-order valence-electron chi connectivity index (χ1n) is 5.54. The average Bonchev–Trinajstić information content (AvgIpc) is 2.36. The lowest BCUT2D eigenvalue weighted by Crippen LogP contribution is -2.29. The van der Waals surface area contributed by atoms with Crippen molar-refractivity contribution in [1.29, 1.82) is 0 Å². The molecule has 0 radical (unpaired) electrons. The fraction of sp³-hybridized carbons (Fsp3) is 0.364. The first-order valence-corrected chi connectivity index (χ1v) is 5.54.